The molecule has 0 radical (unpaired) electrons. The number of hydrogen-bond acceptors (Lipinski definition) is 2. The van der Waals surface area contributed by atoms with Gasteiger partial charge in [-0.15, -0.1) is 0 Å². The number of benzene rings is 5. The Bertz CT molecular complexity index is 1800. The molecule has 0 amide bonds. The maximum atomic E-state index is 4.96. The van der Waals surface area contributed by atoms with E-state index in [1.807, 2.05) is 23.4 Å². The smallest absolute Gasteiger partial charge is 0.0738 e. The molecule has 0 unspecified atom stereocenters. The molecule has 0 aliphatic heterocycles. The van der Waals surface area contributed by atoms with Crippen molar-refractivity contribution in [3.63, 3.8) is 0 Å². The number of para-hydroxylation sites is 3. The Morgan fingerprint density at radius 2 is 1.19 bits per heavy atom. The fraction of sp³-hybridized carbons (Fsp3) is 0.184. The van der Waals surface area contributed by atoms with Gasteiger partial charge in [-0.25, -0.2) is 5.01 Å². The minimum atomic E-state index is -1.50. The lowest BCUT2D eigenvalue weighted by Gasteiger charge is -2.39. The van der Waals surface area contributed by atoms with Gasteiger partial charge < -0.3 is 4.57 Å². The second kappa shape index (κ2) is 12.2. The molecule has 0 saturated carbocycles. The summed E-state index contributed by atoms with van der Waals surface area (Å²) in [6, 6.07) is 49.0. The van der Waals surface area contributed by atoms with Crippen LogP contribution in [0.4, 0.5) is 11.4 Å². The lowest BCUT2D eigenvalue weighted by molar-refractivity contribution is 0.718. The van der Waals surface area contributed by atoms with Crippen molar-refractivity contribution in [3.05, 3.63) is 139 Å². The van der Waals surface area contributed by atoms with Crippen LogP contribution < -0.4 is 10.2 Å². The second-order valence-corrected chi connectivity index (χ2v) is 28.6. The quantitative estimate of drug-likeness (QED) is 0.0877. The van der Waals surface area contributed by atoms with Crippen LogP contribution in [0.15, 0.2) is 139 Å². The Morgan fingerprint density at radius 3 is 1.84 bits per heavy atom. The SMILES string of the molecule is C[Si](C)(CCCn1c2ccccc2c2cc(/C=N/N(c3ccccc3)c3ccccc3)ccc21)[Si](C)(C)c1ccccc1. The average Bonchev–Trinajstić information content (AvgIpc) is 3.35. The van der Waals surface area contributed by atoms with Crippen molar-refractivity contribution in [2.45, 2.75) is 45.2 Å². The Hall–Kier alpha value is -4.20. The summed E-state index contributed by atoms with van der Waals surface area (Å²) in [5.74, 6) is 0. The first-order chi connectivity index (χ1) is 20.8. The lowest BCUT2D eigenvalue weighted by atomic mass is 10.1. The monoisotopic (exact) mass is 595 g/mol. The van der Waals surface area contributed by atoms with Crippen LogP contribution in [0.25, 0.3) is 21.8 Å². The lowest BCUT2D eigenvalue weighted by Crippen LogP contribution is -2.62. The third-order valence-electron chi connectivity index (χ3n) is 9.49. The Balaban J connectivity index is 1.28. The summed E-state index contributed by atoms with van der Waals surface area (Å²) in [6.45, 7) is 11.5. The van der Waals surface area contributed by atoms with Crippen LogP contribution in [-0.2, 0) is 6.54 Å². The van der Waals surface area contributed by atoms with Crippen LogP contribution in [-0.4, -0.2) is 26.0 Å². The van der Waals surface area contributed by atoms with Crippen molar-refractivity contribution >= 4 is 59.8 Å². The van der Waals surface area contributed by atoms with E-state index >= 15 is 0 Å². The molecule has 6 aromatic rings. The number of fused-ring (bicyclic) bond motifs is 3. The standard InChI is InChI=1S/C38H41N3Si2/c1-42(2,43(3,4)34-21-12-7-13-22-34)28-16-27-40-37-24-15-14-23-35(37)36-29-31(25-26-38(36)40)30-39-41(32-17-8-5-9-18-32)33-19-10-6-11-20-33/h5-15,17-26,29-30H,16,27-28H2,1-4H3/b39-30+. The van der Waals surface area contributed by atoms with Gasteiger partial charge in [0.1, 0.15) is 0 Å². The summed E-state index contributed by atoms with van der Waals surface area (Å²) in [5.41, 5.74) is 5.79. The van der Waals surface area contributed by atoms with Gasteiger partial charge in [-0.1, -0.05) is 128 Å². The van der Waals surface area contributed by atoms with Crippen LogP contribution >= 0.6 is 0 Å². The number of aromatic nitrogens is 1. The van der Waals surface area contributed by atoms with Gasteiger partial charge in [0.15, 0.2) is 0 Å². The van der Waals surface area contributed by atoms with Crippen molar-refractivity contribution in [2.24, 2.45) is 5.10 Å². The van der Waals surface area contributed by atoms with Gasteiger partial charge in [0.25, 0.3) is 0 Å². The topological polar surface area (TPSA) is 20.5 Å². The molecule has 0 fully saturated rings. The van der Waals surface area contributed by atoms with E-state index in [1.165, 1.54) is 34.3 Å². The second-order valence-electron chi connectivity index (χ2n) is 12.7. The summed E-state index contributed by atoms with van der Waals surface area (Å²) < 4.78 is 2.55. The first kappa shape index (κ1) is 28.9. The molecule has 0 aliphatic carbocycles. The van der Waals surface area contributed by atoms with Crippen LogP contribution in [0.2, 0.25) is 32.2 Å². The number of nitrogens with zero attached hydrogens (tertiary/aromatic N) is 3. The van der Waals surface area contributed by atoms with E-state index in [0.717, 1.165) is 23.5 Å². The highest BCUT2D eigenvalue weighted by Gasteiger charge is 2.41. The third-order valence-corrected chi connectivity index (χ3v) is 28.0. The van der Waals surface area contributed by atoms with Crippen LogP contribution in [0.3, 0.4) is 0 Å². The zero-order valence-electron chi connectivity index (χ0n) is 25.7. The van der Waals surface area contributed by atoms with E-state index in [0.29, 0.717) is 0 Å². The van der Waals surface area contributed by atoms with Gasteiger partial charge in [0.2, 0.25) is 0 Å². The van der Waals surface area contributed by atoms with E-state index < -0.39 is 15.2 Å². The zero-order chi connectivity index (χ0) is 29.9. The maximum Gasteiger partial charge on any atom is 0.0738 e. The number of hydrazone groups is 1. The fourth-order valence-corrected chi connectivity index (χ4v) is 14.9. The molecule has 0 saturated heterocycles. The zero-order valence-corrected chi connectivity index (χ0v) is 27.7. The van der Waals surface area contributed by atoms with Gasteiger partial charge in [0.05, 0.1) is 25.2 Å². The largest absolute Gasteiger partial charge is 0.340 e. The highest BCUT2D eigenvalue weighted by atomic mass is 29.3. The highest BCUT2D eigenvalue weighted by molar-refractivity contribution is 7.45. The van der Waals surface area contributed by atoms with Crippen molar-refractivity contribution < 1.29 is 0 Å². The van der Waals surface area contributed by atoms with Gasteiger partial charge in [-0.3, -0.25) is 0 Å². The van der Waals surface area contributed by atoms with Crippen molar-refractivity contribution in [1.29, 1.82) is 0 Å². The first-order valence-corrected chi connectivity index (χ1v) is 22.6. The molecular formula is C38H41N3Si2. The fourth-order valence-electron chi connectivity index (χ4n) is 6.17. The molecule has 3 nitrogen and oxygen atoms in total. The Morgan fingerprint density at radius 1 is 0.628 bits per heavy atom. The third kappa shape index (κ3) is 5.88. The van der Waals surface area contributed by atoms with Crippen molar-refractivity contribution in [3.8, 4) is 0 Å². The molecule has 0 bridgehead atoms. The predicted molar refractivity (Wildman–Crippen MR) is 193 cm³/mol. The molecule has 1 heterocycles. The van der Waals surface area contributed by atoms with Crippen molar-refractivity contribution in [2.75, 3.05) is 5.01 Å². The Labute approximate surface area is 257 Å². The number of rotatable bonds is 10. The van der Waals surface area contributed by atoms with Crippen LogP contribution in [0.1, 0.15) is 12.0 Å². The molecule has 43 heavy (non-hydrogen) atoms. The maximum absolute atomic E-state index is 4.96. The molecule has 5 heteroatoms. The normalized spacial score (nSPS) is 12.4. The van der Waals surface area contributed by atoms with Gasteiger partial charge in [-0.05, 0) is 54.4 Å². The van der Waals surface area contributed by atoms with E-state index in [1.54, 1.807) is 5.19 Å². The Kier molecular flexibility index (Phi) is 8.20. The molecule has 0 spiro atoms. The van der Waals surface area contributed by atoms with Gasteiger partial charge in [0, 0.05) is 35.9 Å². The molecule has 0 N–H and O–H groups in total. The summed E-state index contributed by atoms with van der Waals surface area (Å²) in [4.78, 5) is 0. The van der Waals surface area contributed by atoms with Crippen molar-refractivity contribution in [1.82, 2.24) is 4.57 Å². The molecule has 0 atom stereocenters. The summed E-state index contributed by atoms with van der Waals surface area (Å²) in [7, 11) is -2.92. The molecule has 6 rings (SSSR count). The minimum Gasteiger partial charge on any atom is -0.340 e. The van der Waals surface area contributed by atoms with E-state index in [-0.39, 0.29) is 0 Å². The summed E-state index contributed by atoms with van der Waals surface area (Å²) in [5, 5.41) is 11.2. The predicted octanol–water partition coefficient (Wildman–Crippen LogP) is 9.76. The number of anilines is 2. The first-order valence-electron chi connectivity index (χ1n) is 15.4. The summed E-state index contributed by atoms with van der Waals surface area (Å²) >= 11 is 0. The highest BCUT2D eigenvalue weighted by Crippen LogP contribution is 2.32. The van der Waals surface area contributed by atoms with E-state index in [9.17, 15) is 0 Å². The molecule has 1 aromatic heterocycles. The van der Waals surface area contributed by atoms with E-state index in [2.05, 4.69) is 152 Å². The molecule has 0 aliphatic rings. The average molecular weight is 596 g/mol. The minimum absolute atomic E-state index is 1.03. The van der Waals surface area contributed by atoms with Crippen LogP contribution in [0.5, 0.6) is 0 Å². The molecular weight excluding hydrogens is 555 g/mol. The van der Waals surface area contributed by atoms with E-state index in [4.69, 9.17) is 5.10 Å². The molecule has 5 aromatic carbocycles. The van der Waals surface area contributed by atoms with Crippen LogP contribution in [0, 0.1) is 0 Å². The summed E-state index contributed by atoms with van der Waals surface area (Å²) in [6.07, 6.45) is 3.19. The number of hydrogen-bond donors (Lipinski definition) is 0. The van der Waals surface area contributed by atoms with Gasteiger partial charge in [-0.2, -0.15) is 5.10 Å². The number of aryl methyl sites for hydroxylation is 1. The van der Waals surface area contributed by atoms with Gasteiger partial charge >= 0.3 is 0 Å². The molecule has 216 valence electrons.